The van der Waals surface area contributed by atoms with E-state index in [1.54, 1.807) is 18.2 Å². The van der Waals surface area contributed by atoms with Crippen molar-refractivity contribution in [2.45, 2.75) is 6.92 Å². The Hall–Kier alpha value is -2.70. The van der Waals surface area contributed by atoms with Crippen LogP contribution in [0.2, 0.25) is 0 Å². The van der Waals surface area contributed by atoms with Crippen LogP contribution in [0, 0.1) is 11.7 Å². The Morgan fingerprint density at radius 1 is 1.36 bits per heavy atom. The van der Waals surface area contributed by atoms with Gasteiger partial charge >= 0.3 is 5.97 Å². The zero-order valence-electron chi connectivity index (χ0n) is 12.2. The minimum absolute atomic E-state index is 0.0963. The highest BCUT2D eigenvalue weighted by Crippen LogP contribution is 2.18. The summed E-state index contributed by atoms with van der Waals surface area (Å²) in [6, 6.07) is 7.31. The quantitative estimate of drug-likeness (QED) is 0.884. The predicted octanol–water partition coefficient (Wildman–Crippen LogP) is 2.01. The van der Waals surface area contributed by atoms with Crippen molar-refractivity contribution >= 4 is 11.9 Å². The molecule has 1 aromatic carbocycles. The van der Waals surface area contributed by atoms with Gasteiger partial charge in [0.05, 0.1) is 11.6 Å². The molecule has 0 bridgehead atoms. The third-order valence-electron chi connectivity index (χ3n) is 3.26. The molecular weight excluding hydrogens is 289 g/mol. The van der Waals surface area contributed by atoms with Crippen molar-refractivity contribution in [3.8, 4) is 11.3 Å². The minimum Gasteiger partial charge on any atom is -0.481 e. The van der Waals surface area contributed by atoms with Gasteiger partial charge in [-0.15, -0.1) is 0 Å². The molecule has 0 aliphatic rings. The van der Waals surface area contributed by atoms with E-state index >= 15 is 0 Å². The molecule has 7 heteroatoms. The predicted molar refractivity (Wildman–Crippen MR) is 77.7 cm³/mol. The number of aromatic nitrogens is 2. The van der Waals surface area contributed by atoms with Crippen LogP contribution in [0.25, 0.3) is 11.3 Å². The van der Waals surface area contributed by atoms with Crippen molar-refractivity contribution in [3.05, 3.63) is 41.8 Å². The van der Waals surface area contributed by atoms with E-state index in [0.717, 1.165) is 0 Å². The average Bonchev–Trinajstić information content (AvgIpc) is 2.96. The van der Waals surface area contributed by atoms with E-state index in [-0.39, 0.29) is 24.0 Å². The van der Waals surface area contributed by atoms with Gasteiger partial charge in [0.25, 0.3) is 5.91 Å². The molecule has 0 saturated heterocycles. The maximum Gasteiger partial charge on any atom is 0.308 e. The molecular formula is C15H16FN3O3. The van der Waals surface area contributed by atoms with Crippen molar-refractivity contribution in [1.82, 2.24) is 15.1 Å². The molecule has 2 aromatic rings. The average molecular weight is 305 g/mol. The van der Waals surface area contributed by atoms with E-state index in [0.29, 0.717) is 11.3 Å². The summed E-state index contributed by atoms with van der Waals surface area (Å²) < 4.78 is 12.9. The maximum absolute atomic E-state index is 12.9. The van der Waals surface area contributed by atoms with Gasteiger partial charge in [0.15, 0.2) is 0 Å². The van der Waals surface area contributed by atoms with Gasteiger partial charge < -0.3 is 10.0 Å². The first kappa shape index (κ1) is 15.7. The number of carboxylic acids is 1. The van der Waals surface area contributed by atoms with E-state index < -0.39 is 11.9 Å². The Morgan fingerprint density at radius 3 is 2.59 bits per heavy atom. The summed E-state index contributed by atoms with van der Waals surface area (Å²) in [4.78, 5) is 24.3. The summed E-state index contributed by atoms with van der Waals surface area (Å²) in [6.45, 7) is 1.63. The highest BCUT2D eigenvalue weighted by Gasteiger charge is 2.20. The van der Waals surface area contributed by atoms with Crippen molar-refractivity contribution in [3.63, 3.8) is 0 Å². The Morgan fingerprint density at radius 2 is 2.00 bits per heavy atom. The summed E-state index contributed by atoms with van der Waals surface area (Å²) in [5.74, 6) is -2.32. The van der Waals surface area contributed by atoms with Crippen LogP contribution in [0.3, 0.4) is 0 Å². The molecule has 1 heterocycles. The third kappa shape index (κ3) is 3.49. The van der Waals surface area contributed by atoms with Crippen LogP contribution >= 0.6 is 0 Å². The van der Waals surface area contributed by atoms with E-state index in [1.807, 2.05) is 0 Å². The van der Waals surface area contributed by atoms with Crippen molar-refractivity contribution in [2.75, 3.05) is 13.6 Å². The fourth-order valence-corrected chi connectivity index (χ4v) is 1.98. The highest BCUT2D eigenvalue weighted by atomic mass is 19.1. The highest BCUT2D eigenvalue weighted by molar-refractivity contribution is 5.93. The Labute approximate surface area is 126 Å². The van der Waals surface area contributed by atoms with Crippen LogP contribution in [0.1, 0.15) is 17.4 Å². The van der Waals surface area contributed by atoms with Gasteiger partial charge in [-0.05, 0) is 30.3 Å². The van der Waals surface area contributed by atoms with E-state index in [2.05, 4.69) is 10.2 Å². The van der Waals surface area contributed by atoms with Crippen LogP contribution in [0.15, 0.2) is 30.3 Å². The largest absolute Gasteiger partial charge is 0.481 e. The van der Waals surface area contributed by atoms with Crippen LogP contribution < -0.4 is 0 Å². The van der Waals surface area contributed by atoms with Crippen LogP contribution in [-0.4, -0.2) is 45.7 Å². The molecule has 0 radical (unpaired) electrons. The van der Waals surface area contributed by atoms with Gasteiger partial charge in [-0.3, -0.25) is 14.7 Å². The number of nitrogens with zero attached hydrogens (tertiary/aromatic N) is 2. The second-order valence-electron chi connectivity index (χ2n) is 5.10. The zero-order valence-corrected chi connectivity index (χ0v) is 12.2. The molecule has 0 aliphatic carbocycles. The molecule has 2 N–H and O–H groups in total. The Bertz CT molecular complexity index is 682. The van der Waals surface area contributed by atoms with Crippen molar-refractivity contribution < 1.29 is 19.1 Å². The molecule has 2 rings (SSSR count). The standard InChI is InChI=1S/C15H16FN3O3/c1-9(15(21)22)8-19(2)14(20)13-7-12(17-18-13)10-3-5-11(16)6-4-10/h3-7,9H,8H2,1-2H3,(H,17,18)(H,21,22). The number of hydrogen-bond acceptors (Lipinski definition) is 3. The number of carbonyl (C=O) groups is 2. The summed E-state index contributed by atoms with van der Waals surface area (Å²) >= 11 is 0. The summed E-state index contributed by atoms with van der Waals surface area (Å²) in [7, 11) is 1.53. The molecule has 1 atom stereocenters. The van der Waals surface area contributed by atoms with Gasteiger partial charge in [0.1, 0.15) is 11.5 Å². The number of carbonyl (C=O) groups excluding carboxylic acids is 1. The first-order valence-electron chi connectivity index (χ1n) is 6.68. The van der Waals surface area contributed by atoms with Crippen LogP contribution in [0.5, 0.6) is 0 Å². The maximum atomic E-state index is 12.9. The molecule has 22 heavy (non-hydrogen) atoms. The molecule has 0 aliphatic heterocycles. The molecule has 1 aromatic heterocycles. The number of carboxylic acid groups (broad SMARTS) is 1. The first-order chi connectivity index (χ1) is 10.4. The fraction of sp³-hybridized carbons (Fsp3) is 0.267. The molecule has 0 spiro atoms. The lowest BCUT2D eigenvalue weighted by atomic mass is 10.1. The van der Waals surface area contributed by atoms with Gasteiger partial charge in [-0.25, -0.2) is 4.39 Å². The smallest absolute Gasteiger partial charge is 0.308 e. The zero-order chi connectivity index (χ0) is 16.3. The van der Waals surface area contributed by atoms with Crippen LogP contribution in [0.4, 0.5) is 4.39 Å². The molecule has 6 nitrogen and oxygen atoms in total. The SMILES string of the molecule is CC(CN(C)C(=O)c1cc(-c2ccc(F)cc2)n[nH]1)C(=O)O. The fourth-order valence-electron chi connectivity index (χ4n) is 1.98. The number of H-pyrrole nitrogens is 1. The van der Waals surface area contributed by atoms with Crippen LogP contribution in [-0.2, 0) is 4.79 Å². The number of rotatable bonds is 5. The number of halogens is 1. The van der Waals surface area contributed by atoms with E-state index in [1.165, 1.54) is 31.0 Å². The molecule has 1 amide bonds. The summed E-state index contributed by atoms with van der Waals surface area (Å²) in [6.07, 6.45) is 0. The second-order valence-corrected chi connectivity index (χ2v) is 5.10. The lowest BCUT2D eigenvalue weighted by Gasteiger charge is -2.18. The van der Waals surface area contributed by atoms with E-state index in [4.69, 9.17) is 5.11 Å². The lowest BCUT2D eigenvalue weighted by molar-refractivity contribution is -0.141. The normalized spacial score (nSPS) is 12.0. The molecule has 116 valence electrons. The Balaban J connectivity index is 2.12. The third-order valence-corrected chi connectivity index (χ3v) is 3.26. The number of hydrogen-bond donors (Lipinski definition) is 2. The summed E-state index contributed by atoms with van der Waals surface area (Å²) in [5, 5.41) is 15.5. The van der Waals surface area contributed by atoms with Gasteiger partial charge in [0, 0.05) is 19.2 Å². The monoisotopic (exact) mass is 305 g/mol. The molecule has 0 fully saturated rings. The van der Waals surface area contributed by atoms with Crippen molar-refractivity contribution in [2.24, 2.45) is 5.92 Å². The van der Waals surface area contributed by atoms with E-state index in [9.17, 15) is 14.0 Å². The minimum atomic E-state index is -0.962. The lowest BCUT2D eigenvalue weighted by Crippen LogP contribution is -2.33. The van der Waals surface area contributed by atoms with Crippen molar-refractivity contribution in [1.29, 1.82) is 0 Å². The van der Waals surface area contributed by atoms with Gasteiger partial charge in [0.2, 0.25) is 0 Å². The Kier molecular flexibility index (Phi) is 4.55. The number of aromatic amines is 1. The number of aliphatic carboxylic acids is 1. The van der Waals surface area contributed by atoms with Gasteiger partial charge in [-0.2, -0.15) is 5.10 Å². The topological polar surface area (TPSA) is 86.3 Å². The number of benzene rings is 1. The number of nitrogens with one attached hydrogen (secondary N) is 1. The number of amides is 1. The second kappa shape index (κ2) is 6.38. The molecule has 0 saturated carbocycles. The molecule has 1 unspecified atom stereocenters. The summed E-state index contributed by atoms with van der Waals surface area (Å²) in [5.41, 5.74) is 1.45. The first-order valence-corrected chi connectivity index (χ1v) is 6.68. The van der Waals surface area contributed by atoms with Gasteiger partial charge in [-0.1, -0.05) is 6.92 Å².